The maximum absolute atomic E-state index is 12.0. The van der Waals surface area contributed by atoms with Crippen LogP contribution in [-0.4, -0.2) is 40.3 Å². The molecular weight excluding hydrogens is 278 g/mol. The molecule has 20 heavy (non-hydrogen) atoms. The Bertz CT molecular complexity index is 424. The van der Waals surface area contributed by atoms with Crippen molar-refractivity contribution >= 4 is 35.0 Å². The molecule has 0 aliphatic heterocycles. The van der Waals surface area contributed by atoms with Crippen LogP contribution in [0.1, 0.15) is 40.5 Å². The van der Waals surface area contributed by atoms with Gasteiger partial charge < -0.3 is 5.32 Å². The Balaban J connectivity index is 2.64. The molecule has 1 aliphatic carbocycles. The summed E-state index contributed by atoms with van der Waals surface area (Å²) >= 11 is 1.16. The van der Waals surface area contributed by atoms with Crippen molar-refractivity contribution in [3.05, 3.63) is 0 Å². The lowest BCUT2D eigenvalue weighted by atomic mass is 9.76. The van der Waals surface area contributed by atoms with Gasteiger partial charge in [0.15, 0.2) is 17.3 Å². The maximum Gasteiger partial charge on any atom is 0.217 e. The summed E-state index contributed by atoms with van der Waals surface area (Å²) < 4.78 is 0. The zero-order valence-electron chi connectivity index (χ0n) is 12.3. The number of thioether (sulfide) groups is 1. The van der Waals surface area contributed by atoms with Gasteiger partial charge in [0.05, 0.1) is 6.04 Å². The Kier molecular flexibility index (Phi) is 5.50. The summed E-state index contributed by atoms with van der Waals surface area (Å²) in [7, 11) is 0. The Labute approximate surface area is 123 Å². The minimum Gasteiger partial charge on any atom is -0.346 e. The van der Waals surface area contributed by atoms with Crippen molar-refractivity contribution in [1.29, 1.82) is 0 Å². The molecule has 0 heterocycles. The third kappa shape index (κ3) is 4.74. The molecule has 0 radical (unpaired) electrons. The summed E-state index contributed by atoms with van der Waals surface area (Å²) in [6.45, 7) is 6.52. The van der Waals surface area contributed by atoms with Crippen LogP contribution in [0.5, 0.6) is 0 Å². The highest BCUT2D eigenvalue weighted by atomic mass is 32.2. The van der Waals surface area contributed by atoms with E-state index in [2.05, 4.69) is 5.32 Å². The predicted octanol–water partition coefficient (Wildman–Crippen LogP) is 1.14. The molecule has 0 aromatic rings. The molecule has 0 spiro atoms. The van der Waals surface area contributed by atoms with E-state index in [1.54, 1.807) is 0 Å². The highest BCUT2D eigenvalue weighted by molar-refractivity contribution is 8.01. The molecular formula is C14H21NO4S. The first-order valence-corrected chi connectivity index (χ1v) is 7.62. The normalized spacial score (nSPS) is 20.6. The average Bonchev–Trinajstić information content (AvgIpc) is 2.23. The zero-order valence-corrected chi connectivity index (χ0v) is 13.1. The first-order valence-electron chi connectivity index (χ1n) is 6.57. The minimum atomic E-state index is -0.696. The summed E-state index contributed by atoms with van der Waals surface area (Å²) in [5.41, 5.74) is -0.275. The predicted molar refractivity (Wildman–Crippen MR) is 77.6 cm³/mol. The van der Waals surface area contributed by atoms with E-state index in [4.69, 9.17) is 0 Å². The lowest BCUT2D eigenvalue weighted by Crippen LogP contribution is -2.44. The van der Waals surface area contributed by atoms with Gasteiger partial charge in [-0.15, -0.1) is 11.8 Å². The van der Waals surface area contributed by atoms with Crippen LogP contribution in [0.3, 0.4) is 0 Å². The number of hydrogen-bond donors (Lipinski definition) is 1. The van der Waals surface area contributed by atoms with Crippen LogP contribution in [-0.2, 0) is 19.2 Å². The molecule has 0 aromatic heterocycles. The number of rotatable bonds is 5. The summed E-state index contributed by atoms with van der Waals surface area (Å²) in [4.78, 5) is 46.5. The van der Waals surface area contributed by atoms with Crippen LogP contribution in [0, 0.1) is 5.41 Å². The van der Waals surface area contributed by atoms with Gasteiger partial charge in [-0.05, 0) is 12.3 Å². The SMILES string of the molecule is CC(=O)N[C@H](CSC1C(=O)CC(C)(C)CC1=O)C(C)=O. The molecule has 6 heteroatoms. The quantitative estimate of drug-likeness (QED) is 0.770. The fourth-order valence-electron chi connectivity index (χ4n) is 2.26. The fraction of sp³-hybridized carbons (Fsp3) is 0.714. The molecule has 5 nitrogen and oxygen atoms in total. The Morgan fingerprint density at radius 3 is 2.15 bits per heavy atom. The number of ketones is 3. The lowest BCUT2D eigenvalue weighted by molar-refractivity contribution is -0.132. The van der Waals surface area contributed by atoms with Crippen LogP contribution in [0.15, 0.2) is 0 Å². The van der Waals surface area contributed by atoms with Crippen molar-refractivity contribution in [2.24, 2.45) is 5.41 Å². The third-order valence-corrected chi connectivity index (χ3v) is 4.57. The maximum atomic E-state index is 12.0. The fourth-order valence-corrected chi connectivity index (χ4v) is 3.50. The number of carbonyl (C=O) groups is 4. The molecule has 0 saturated heterocycles. The molecule has 1 saturated carbocycles. The van der Waals surface area contributed by atoms with E-state index < -0.39 is 11.3 Å². The Hall–Kier alpha value is -1.17. The zero-order chi connectivity index (χ0) is 15.5. The van der Waals surface area contributed by atoms with Crippen LogP contribution in [0.25, 0.3) is 0 Å². The second-order valence-corrected chi connectivity index (χ2v) is 7.17. The summed E-state index contributed by atoms with van der Waals surface area (Å²) in [5, 5.41) is 1.84. The first-order chi connectivity index (χ1) is 9.12. The Morgan fingerprint density at radius 1 is 1.25 bits per heavy atom. The topological polar surface area (TPSA) is 80.3 Å². The monoisotopic (exact) mass is 299 g/mol. The molecule has 1 aliphatic rings. The largest absolute Gasteiger partial charge is 0.346 e. The molecule has 0 aromatic carbocycles. The molecule has 1 amide bonds. The molecule has 1 atom stereocenters. The van der Waals surface area contributed by atoms with E-state index in [9.17, 15) is 19.2 Å². The molecule has 1 N–H and O–H groups in total. The van der Waals surface area contributed by atoms with E-state index in [0.29, 0.717) is 12.8 Å². The van der Waals surface area contributed by atoms with Gasteiger partial charge in [-0.2, -0.15) is 0 Å². The van der Waals surface area contributed by atoms with Crippen LogP contribution >= 0.6 is 11.8 Å². The van der Waals surface area contributed by atoms with Crippen molar-refractivity contribution in [2.45, 2.75) is 51.8 Å². The van der Waals surface area contributed by atoms with Gasteiger partial charge >= 0.3 is 0 Å². The second kappa shape index (κ2) is 6.52. The summed E-state index contributed by atoms with van der Waals surface area (Å²) in [5.74, 6) is -0.392. The number of hydrogen-bond acceptors (Lipinski definition) is 5. The third-order valence-electron chi connectivity index (χ3n) is 3.19. The molecule has 0 bridgehead atoms. The highest BCUT2D eigenvalue weighted by Crippen LogP contribution is 2.35. The van der Waals surface area contributed by atoms with Crippen molar-refractivity contribution in [3.63, 3.8) is 0 Å². The van der Waals surface area contributed by atoms with E-state index in [-0.39, 0.29) is 34.4 Å². The van der Waals surface area contributed by atoms with Crippen molar-refractivity contribution in [2.75, 3.05) is 5.75 Å². The second-order valence-electron chi connectivity index (χ2n) is 6.03. The average molecular weight is 299 g/mol. The molecule has 1 fully saturated rings. The minimum absolute atomic E-state index is 0.0821. The van der Waals surface area contributed by atoms with Crippen molar-refractivity contribution in [1.82, 2.24) is 5.32 Å². The molecule has 112 valence electrons. The van der Waals surface area contributed by atoms with Gasteiger partial charge in [0.1, 0.15) is 5.25 Å². The smallest absolute Gasteiger partial charge is 0.217 e. The van der Waals surface area contributed by atoms with Crippen LogP contribution < -0.4 is 5.32 Å². The van der Waals surface area contributed by atoms with Crippen molar-refractivity contribution in [3.8, 4) is 0 Å². The standard InChI is InChI=1S/C14H21NO4S/c1-8(16)10(15-9(2)17)7-20-13-11(18)5-14(3,4)6-12(13)19/h10,13H,5-7H2,1-4H3,(H,15,17)/t10-/m1/s1. The lowest BCUT2D eigenvalue weighted by Gasteiger charge is -2.32. The number of nitrogens with one attached hydrogen (secondary N) is 1. The van der Waals surface area contributed by atoms with Gasteiger partial charge in [-0.1, -0.05) is 13.8 Å². The summed E-state index contributed by atoms with van der Waals surface area (Å²) in [6, 6.07) is -0.645. The van der Waals surface area contributed by atoms with E-state index >= 15 is 0 Å². The van der Waals surface area contributed by atoms with Gasteiger partial charge in [0, 0.05) is 25.5 Å². The van der Waals surface area contributed by atoms with Crippen LogP contribution in [0.4, 0.5) is 0 Å². The number of carbonyl (C=O) groups excluding carboxylic acids is 4. The van der Waals surface area contributed by atoms with Crippen molar-refractivity contribution < 1.29 is 19.2 Å². The first kappa shape index (κ1) is 16.9. The van der Waals surface area contributed by atoms with Gasteiger partial charge in [0.2, 0.25) is 5.91 Å². The van der Waals surface area contributed by atoms with Gasteiger partial charge in [-0.25, -0.2) is 0 Å². The van der Waals surface area contributed by atoms with E-state index in [1.165, 1.54) is 13.8 Å². The number of amides is 1. The number of Topliss-reactive ketones (excluding diaryl/α,β-unsaturated/α-hetero) is 3. The van der Waals surface area contributed by atoms with Gasteiger partial charge in [-0.3, -0.25) is 19.2 Å². The van der Waals surface area contributed by atoms with E-state index in [1.807, 2.05) is 13.8 Å². The molecule has 0 unspecified atom stereocenters. The van der Waals surface area contributed by atoms with Crippen LogP contribution in [0.2, 0.25) is 0 Å². The Morgan fingerprint density at radius 2 is 1.75 bits per heavy atom. The van der Waals surface area contributed by atoms with Gasteiger partial charge in [0.25, 0.3) is 0 Å². The summed E-state index contributed by atoms with van der Waals surface area (Å²) in [6.07, 6.45) is 0.753. The highest BCUT2D eigenvalue weighted by Gasteiger charge is 2.40. The molecule has 1 rings (SSSR count). The van der Waals surface area contributed by atoms with E-state index in [0.717, 1.165) is 11.8 Å².